The van der Waals surface area contributed by atoms with Crippen LogP contribution in [0.25, 0.3) is 157 Å². The average Bonchev–Trinajstić information content (AvgIpc) is 1.74. The molecule has 8 aromatic heterocycles. The van der Waals surface area contributed by atoms with Crippen molar-refractivity contribution in [1.29, 1.82) is 0 Å². The highest BCUT2D eigenvalue weighted by Gasteiger charge is 2.43. The highest BCUT2D eigenvalue weighted by molar-refractivity contribution is 6.26. The zero-order valence-corrected chi connectivity index (χ0v) is 46.0. The van der Waals surface area contributed by atoms with Gasteiger partial charge in [0.1, 0.15) is 0 Å². The van der Waals surface area contributed by atoms with E-state index in [2.05, 4.69) is 270 Å². The Balaban J connectivity index is 0.909. The number of allylic oxidation sites excluding steroid dienone is 4. The van der Waals surface area contributed by atoms with Crippen LogP contribution in [0.4, 0.5) is 0 Å². The van der Waals surface area contributed by atoms with Crippen LogP contribution in [0.5, 0.6) is 0 Å². The summed E-state index contributed by atoms with van der Waals surface area (Å²) in [7, 11) is 0. The first-order chi connectivity index (χ1) is 42.7. The first-order valence-electron chi connectivity index (χ1n) is 29.4. The first-order valence-corrected chi connectivity index (χ1v) is 29.4. The average molecular weight is 1100 g/mol. The molecule has 3 aliphatic carbocycles. The second-order valence-corrected chi connectivity index (χ2v) is 23.0. The van der Waals surface area contributed by atoms with Gasteiger partial charge in [-0.2, -0.15) is 29.9 Å². The number of para-hydroxylation sites is 8. The fraction of sp³-hybridized carbons (Fsp3) is 0.0541. The van der Waals surface area contributed by atoms with Gasteiger partial charge in [0.25, 0.3) is 0 Å². The lowest BCUT2D eigenvalue weighted by molar-refractivity contribution is 0.822. The molecule has 0 bridgehead atoms. The quantitative estimate of drug-likeness (QED) is 0.164. The minimum Gasteiger partial charge on any atom is -0.278 e. The van der Waals surface area contributed by atoms with Crippen LogP contribution in [0.1, 0.15) is 34.9 Å². The van der Waals surface area contributed by atoms with Crippen LogP contribution >= 0.6 is 0 Å². The molecule has 1 saturated carbocycles. The normalized spacial score (nSPS) is 15.4. The third-order valence-corrected chi connectivity index (χ3v) is 18.5. The predicted octanol–water partition coefficient (Wildman–Crippen LogP) is 16.6. The second kappa shape index (κ2) is 17.1. The summed E-state index contributed by atoms with van der Waals surface area (Å²) in [5.74, 6) is 4.09. The summed E-state index contributed by atoms with van der Waals surface area (Å²) in [5, 5.41) is 11.0. The van der Waals surface area contributed by atoms with Crippen molar-refractivity contribution in [3.8, 4) is 35.7 Å². The van der Waals surface area contributed by atoms with Crippen molar-refractivity contribution < 1.29 is 0 Å². The third kappa shape index (κ3) is 6.20. The molecule has 1 fully saturated rings. The standard InChI is InChI=1S/C74H46N12/c1-2-20-44-45-21-4-12-30-56(45)81(55(44)29-3-1)69-76-72(84-62-36-18-10-27-52(62)66-54-42-43(54)38-40-64(66)84)78-73(77-69)85-63-37-19-11-28-53(63)67-65(85)41-39-51-50-26-9-17-35-61(50)86(68(51)67)74-79-70(82-57-31-13-5-22-46(57)47-23-6-14-32-58(47)82)75-71(80-74)83-59-33-15-7-24-48(59)49-25-8-16-34-60(49)83/h1-19,21-41,43,54H,20,42H2. The van der Waals surface area contributed by atoms with E-state index < -0.39 is 0 Å². The molecule has 20 rings (SSSR count). The molecule has 8 heterocycles. The van der Waals surface area contributed by atoms with Gasteiger partial charge in [-0.05, 0) is 103 Å². The summed E-state index contributed by atoms with van der Waals surface area (Å²) in [6, 6.07) is 73.2. The van der Waals surface area contributed by atoms with Gasteiger partial charge in [0, 0.05) is 53.9 Å². The molecule has 2 atom stereocenters. The van der Waals surface area contributed by atoms with E-state index in [0.29, 0.717) is 47.5 Å². The van der Waals surface area contributed by atoms with Gasteiger partial charge < -0.3 is 0 Å². The van der Waals surface area contributed by atoms with Crippen molar-refractivity contribution in [2.45, 2.75) is 18.8 Å². The van der Waals surface area contributed by atoms with Gasteiger partial charge in [-0.1, -0.05) is 176 Å². The summed E-state index contributed by atoms with van der Waals surface area (Å²) >= 11 is 0. The number of benzene rings is 9. The number of hydrogen-bond donors (Lipinski definition) is 0. The molecular formula is C74H46N12. The van der Waals surface area contributed by atoms with Gasteiger partial charge in [-0.25, -0.2) is 0 Å². The van der Waals surface area contributed by atoms with E-state index in [-0.39, 0.29) is 0 Å². The van der Waals surface area contributed by atoms with Crippen LogP contribution < -0.4 is 0 Å². The molecule has 3 aliphatic rings. The molecule has 2 unspecified atom stereocenters. The van der Waals surface area contributed by atoms with Gasteiger partial charge >= 0.3 is 0 Å². The fourth-order valence-electron chi connectivity index (χ4n) is 14.9. The molecule has 402 valence electrons. The maximum Gasteiger partial charge on any atom is 0.241 e. The third-order valence-electron chi connectivity index (χ3n) is 18.5. The molecule has 0 amide bonds. The van der Waals surface area contributed by atoms with Crippen molar-refractivity contribution in [2.75, 3.05) is 0 Å². The van der Waals surface area contributed by atoms with E-state index >= 15 is 0 Å². The van der Waals surface area contributed by atoms with E-state index in [1.165, 1.54) is 21.9 Å². The van der Waals surface area contributed by atoms with Gasteiger partial charge in [0.05, 0.1) is 66.6 Å². The number of fused-ring (bicyclic) bond motifs is 21. The molecule has 0 saturated heterocycles. The first kappa shape index (κ1) is 46.0. The molecule has 12 heteroatoms. The number of nitrogens with zero attached hydrogens (tertiary/aromatic N) is 12. The molecular weight excluding hydrogens is 1060 g/mol. The highest BCUT2D eigenvalue weighted by Crippen LogP contribution is 2.56. The number of hydrogen-bond acceptors (Lipinski definition) is 6. The van der Waals surface area contributed by atoms with E-state index in [1.807, 2.05) is 0 Å². The Labute approximate surface area is 489 Å². The Morgan fingerprint density at radius 1 is 0.302 bits per heavy atom. The Kier molecular flexibility index (Phi) is 9.13. The fourth-order valence-corrected chi connectivity index (χ4v) is 14.9. The van der Waals surface area contributed by atoms with Crippen LogP contribution in [0, 0.1) is 5.92 Å². The van der Waals surface area contributed by atoms with Gasteiger partial charge in [0.15, 0.2) is 0 Å². The number of rotatable bonds is 6. The van der Waals surface area contributed by atoms with E-state index in [4.69, 9.17) is 29.9 Å². The number of aromatic nitrogens is 12. The Morgan fingerprint density at radius 2 is 0.686 bits per heavy atom. The van der Waals surface area contributed by atoms with Gasteiger partial charge in [-0.15, -0.1) is 0 Å². The van der Waals surface area contributed by atoms with Crippen LogP contribution in [0.2, 0.25) is 0 Å². The molecule has 0 radical (unpaired) electrons. The molecule has 12 nitrogen and oxygen atoms in total. The minimum absolute atomic E-state index is 0.468. The van der Waals surface area contributed by atoms with Crippen molar-refractivity contribution in [3.05, 3.63) is 253 Å². The molecule has 0 spiro atoms. The Hall–Kier alpha value is -11.5. The lowest BCUT2D eigenvalue weighted by Gasteiger charge is -2.15. The van der Waals surface area contributed by atoms with Crippen LogP contribution in [-0.4, -0.2) is 57.3 Å². The lowest BCUT2D eigenvalue weighted by Crippen LogP contribution is -2.15. The van der Waals surface area contributed by atoms with Crippen molar-refractivity contribution in [2.24, 2.45) is 5.92 Å². The van der Waals surface area contributed by atoms with Crippen molar-refractivity contribution in [3.63, 3.8) is 0 Å². The Morgan fingerprint density at radius 3 is 1.22 bits per heavy atom. The summed E-state index contributed by atoms with van der Waals surface area (Å²) in [6.07, 6.45) is 15.3. The molecule has 17 aromatic rings. The lowest BCUT2D eigenvalue weighted by atomic mass is 10.0. The summed E-state index contributed by atoms with van der Waals surface area (Å²) in [5.41, 5.74) is 14.7. The zero-order chi connectivity index (χ0) is 55.9. The summed E-state index contributed by atoms with van der Waals surface area (Å²) < 4.78 is 13.4. The molecule has 0 N–H and O–H groups in total. The van der Waals surface area contributed by atoms with Gasteiger partial charge in [-0.3, -0.25) is 27.4 Å². The maximum absolute atomic E-state index is 5.70. The predicted molar refractivity (Wildman–Crippen MR) is 346 cm³/mol. The largest absolute Gasteiger partial charge is 0.278 e. The van der Waals surface area contributed by atoms with Crippen molar-refractivity contribution in [1.82, 2.24) is 57.3 Å². The van der Waals surface area contributed by atoms with Crippen LogP contribution in [0.3, 0.4) is 0 Å². The van der Waals surface area contributed by atoms with Gasteiger partial charge in [0.2, 0.25) is 35.7 Å². The van der Waals surface area contributed by atoms with Crippen LogP contribution in [-0.2, 0) is 6.42 Å². The van der Waals surface area contributed by atoms with E-state index in [1.54, 1.807) is 0 Å². The van der Waals surface area contributed by atoms with E-state index in [9.17, 15) is 0 Å². The second-order valence-electron chi connectivity index (χ2n) is 23.0. The summed E-state index contributed by atoms with van der Waals surface area (Å²) in [4.78, 5) is 33.9. The molecule has 0 aliphatic heterocycles. The SMILES string of the molecule is C1=CCc2c(n(-c3nc(-n4c5c(c6ccccc64)C4CC4C=C5)nc(-n4c5ccccc5c5c4ccc4c6ccccc6n(-c6nc(-n7c8ccccc8c8ccccc87)nc(-n7c8ccccc8c8ccccc87)n6)c45)n3)c3ccccc23)C=C1. The van der Waals surface area contributed by atoms with Crippen LogP contribution in [0.15, 0.2) is 231 Å². The molecule has 86 heavy (non-hydrogen) atoms. The Bertz CT molecular complexity index is 5690. The van der Waals surface area contributed by atoms with E-state index in [0.717, 1.165) is 122 Å². The highest BCUT2D eigenvalue weighted by atomic mass is 15.3. The monoisotopic (exact) mass is 1100 g/mol. The minimum atomic E-state index is 0.468. The topological polar surface area (TPSA) is 107 Å². The smallest absolute Gasteiger partial charge is 0.241 e. The molecule has 9 aromatic carbocycles. The van der Waals surface area contributed by atoms with Crippen molar-refractivity contribution >= 4 is 121 Å². The zero-order valence-electron chi connectivity index (χ0n) is 46.0. The summed E-state index contributed by atoms with van der Waals surface area (Å²) in [6.45, 7) is 0. The maximum atomic E-state index is 5.70.